The molecule has 0 aromatic heterocycles. The van der Waals surface area contributed by atoms with Crippen molar-refractivity contribution in [1.82, 2.24) is 0 Å². The van der Waals surface area contributed by atoms with Gasteiger partial charge in [0, 0.05) is 15.4 Å². The molecular weight excluding hydrogens is 250 g/mol. The van der Waals surface area contributed by atoms with Crippen molar-refractivity contribution in [2.45, 2.75) is 31.1 Å². The maximum atomic E-state index is 6.22. The van der Waals surface area contributed by atoms with Gasteiger partial charge < -0.3 is 0 Å². The number of halogens is 3. The van der Waals surface area contributed by atoms with Gasteiger partial charge in [-0.2, -0.15) is 0 Å². The maximum Gasteiger partial charge on any atom is 0.0441 e. The maximum absolute atomic E-state index is 6.22. The van der Waals surface area contributed by atoms with Gasteiger partial charge in [0.1, 0.15) is 0 Å². The van der Waals surface area contributed by atoms with Crippen molar-refractivity contribution in [3.05, 3.63) is 33.8 Å². The SMILES string of the molecule is CC1C(Cl)CCC1c1cc(Cl)ccc1Cl. The van der Waals surface area contributed by atoms with Gasteiger partial charge in [-0.05, 0) is 48.4 Å². The summed E-state index contributed by atoms with van der Waals surface area (Å²) in [7, 11) is 0. The minimum absolute atomic E-state index is 0.269. The molecule has 1 aromatic carbocycles. The van der Waals surface area contributed by atoms with Crippen molar-refractivity contribution in [2.75, 3.05) is 0 Å². The quantitative estimate of drug-likeness (QED) is 0.617. The molecule has 1 aromatic rings. The van der Waals surface area contributed by atoms with E-state index < -0.39 is 0 Å². The van der Waals surface area contributed by atoms with Gasteiger partial charge in [0.2, 0.25) is 0 Å². The van der Waals surface area contributed by atoms with Gasteiger partial charge in [0.05, 0.1) is 0 Å². The Hall–Kier alpha value is 0.0900. The molecule has 0 radical (unpaired) electrons. The molecule has 0 aliphatic heterocycles. The first-order valence-electron chi connectivity index (χ1n) is 5.18. The zero-order valence-electron chi connectivity index (χ0n) is 8.51. The van der Waals surface area contributed by atoms with E-state index in [2.05, 4.69) is 6.92 Å². The van der Waals surface area contributed by atoms with Gasteiger partial charge in [-0.25, -0.2) is 0 Å². The Morgan fingerprint density at radius 1 is 1.20 bits per heavy atom. The summed E-state index contributed by atoms with van der Waals surface area (Å²) in [5, 5.41) is 1.83. The third-order valence-electron chi connectivity index (χ3n) is 3.32. The van der Waals surface area contributed by atoms with Crippen LogP contribution >= 0.6 is 34.8 Å². The Morgan fingerprint density at radius 2 is 1.93 bits per heavy atom. The molecule has 1 aliphatic carbocycles. The van der Waals surface area contributed by atoms with Crippen LogP contribution in [-0.2, 0) is 0 Å². The molecule has 2 rings (SSSR count). The third kappa shape index (κ3) is 2.27. The minimum Gasteiger partial charge on any atom is -0.123 e. The number of rotatable bonds is 1. The van der Waals surface area contributed by atoms with E-state index in [0.717, 1.165) is 28.5 Å². The van der Waals surface area contributed by atoms with Gasteiger partial charge in [-0.1, -0.05) is 30.1 Å². The van der Waals surface area contributed by atoms with E-state index in [9.17, 15) is 0 Å². The Morgan fingerprint density at radius 3 is 2.53 bits per heavy atom. The Kier molecular flexibility index (Phi) is 3.49. The van der Waals surface area contributed by atoms with Crippen molar-refractivity contribution in [3.8, 4) is 0 Å². The summed E-state index contributed by atoms with van der Waals surface area (Å²) in [6.07, 6.45) is 2.17. The molecule has 0 bridgehead atoms. The number of hydrogen-bond acceptors (Lipinski definition) is 0. The summed E-state index contributed by atoms with van der Waals surface area (Å²) in [4.78, 5) is 0. The lowest BCUT2D eigenvalue weighted by Crippen LogP contribution is -2.09. The summed E-state index contributed by atoms with van der Waals surface area (Å²) >= 11 is 18.4. The predicted octanol–water partition coefficient (Wildman–Crippen LogP) is 5.11. The molecule has 15 heavy (non-hydrogen) atoms. The second-order valence-corrected chi connectivity index (χ2v) is 5.63. The molecule has 0 spiro atoms. The predicted molar refractivity (Wildman–Crippen MR) is 67.2 cm³/mol. The second kappa shape index (κ2) is 4.53. The average Bonchev–Trinajstić information content (AvgIpc) is 2.52. The first-order valence-corrected chi connectivity index (χ1v) is 6.38. The van der Waals surface area contributed by atoms with Crippen LogP contribution in [0.25, 0.3) is 0 Å². The van der Waals surface area contributed by atoms with Gasteiger partial charge >= 0.3 is 0 Å². The molecule has 0 heterocycles. The lowest BCUT2D eigenvalue weighted by atomic mass is 9.90. The molecule has 0 saturated heterocycles. The topological polar surface area (TPSA) is 0 Å². The lowest BCUT2D eigenvalue weighted by Gasteiger charge is -2.19. The van der Waals surface area contributed by atoms with Crippen LogP contribution in [0.2, 0.25) is 10.0 Å². The smallest absolute Gasteiger partial charge is 0.0441 e. The van der Waals surface area contributed by atoms with Gasteiger partial charge in [-0.3, -0.25) is 0 Å². The average molecular weight is 264 g/mol. The lowest BCUT2D eigenvalue weighted by molar-refractivity contribution is 0.538. The zero-order chi connectivity index (χ0) is 11.0. The fourth-order valence-electron chi connectivity index (χ4n) is 2.35. The summed E-state index contributed by atoms with van der Waals surface area (Å²) in [6.45, 7) is 2.19. The molecule has 0 amide bonds. The Bertz CT molecular complexity index is 362. The van der Waals surface area contributed by atoms with Crippen LogP contribution in [0.1, 0.15) is 31.2 Å². The number of alkyl halides is 1. The fourth-order valence-corrected chi connectivity index (χ4v) is 3.09. The molecule has 3 unspecified atom stereocenters. The van der Waals surface area contributed by atoms with Gasteiger partial charge in [0.15, 0.2) is 0 Å². The van der Waals surface area contributed by atoms with Crippen molar-refractivity contribution >= 4 is 34.8 Å². The van der Waals surface area contributed by atoms with E-state index in [1.165, 1.54) is 0 Å². The van der Waals surface area contributed by atoms with Crippen molar-refractivity contribution < 1.29 is 0 Å². The highest BCUT2D eigenvalue weighted by molar-refractivity contribution is 6.33. The van der Waals surface area contributed by atoms with Crippen LogP contribution in [0.3, 0.4) is 0 Å². The molecule has 0 nitrogen and oxygen atoms in total. The monoisotopic (exact) mass is 262 g/mol. The standard InChI is InChI=1S/C12H13Cl3/c1-7-9(3-5-11(7)14)10-6-8(13)2-4-12(10)15/h2,4,6-7,9,11H,3,5H2,1H3. The van der Waals surface area contributed by atoms with Crippen molar-refractivity contribution in [1.29, 1.82) is 0 Å². The van der Waals surface area contributed by atoms with Crippen LogP contribution in [0.15, 0.2) is 18.2 Å². The van der Waals surface area contributed by atoms with Crippen LogP contribution in [0.5, 0.6) is 0 Å². The van der Waals surface area contributed by atoms with Crippen LogP contribution in [-0.4, -0.2) is 5.38 Å². The van der Waals surface area contributed by atoms with E-state index in [4.69, 9.17) is 34.8 Å². The first-order chi connectivity index (χ1) is 7.09. The van der Waals surface area contributed by atoms with E-state index >= 15 is 0 Å². The number of hydrogen-bond donors (Lipinski definition) is 0. The summed E-state index contributed by atoms with van der Waals surface area (Å²) in [5.74, 6) is 0.932. The number of benzene rings is 1. The molecule has 0 N–H and O–H groups in total. The van der Waals surface area contributed by atoms with Gasteiger partial charge in [0.25, 0.3) is 0 Å². The first kappa shape index (κ1) is 11.6. The second-order valence-electron chi connectivity index (χ2n) is 4.22. The van der Waals surface area contributed by atoms with E-state index in [0.29, 0.717) is 11.8 Å². The fraction of sp³-hybridized carbons (Fsp3) is 0.500. The van der Waals surface area contributed by atoms with E-state index in [-0.39, 0.29) is 5.38 Å². The highest BCUT2D eigenvalue weighted by Gasteiger charge is 2.33. The molecule has 1 fully saturated rings. The van der Waals surface area contributed by atoms with E-state index in [1.807, 2.05) is 18.2 Å². The summed E-state index contributed by atoms with van der Waals surface area (Å²) in [6, 6.07) is 5.67. The minimum atomic E-state index is 0.269. The van der Waals surface area contributed by atoms with Crippen molar-refractivity contribution in [3.63, 3.8) is 0 Å². The zero-order valence-corrected chi connectivity index (χ0v) is 10.8. The largest absolute Gasteiger partial charge is 0.123 e. The molecular formula is C12H13Cl3. The Labute approximate surface area is 106 Å². The van der Waals surface area contributed by atoms with Gasteiger partial charge in [-0.15, -0.1) is 11.6 Å². The Balaban J connectivity index is 2.33. The molecule has 3 atom stereocenters. The summed E-state index contributed by atoms with van der Waals surface area (Å²) in [5.41, 5.74) is 1.15. The highest BCUT2D eigenvalue weighted by Crippen LogP contribution is 2.44. The van der Waals surface area contributed by atoms with Crippen LogP contribution in [0.4, 0.5) is 0 Å². The van der Waals surface area contributed by atoms with Crippen LogP contribution < -0.4 is 0 Å². The molecule has 1 aliphatic rings. The van der Waals surface area contributed by atoms with Crippen molar-refractivity contribution in [2.24, 2.45) is 5.92 Å². The molecule has 3 heteroatoms. The van der Waals surface area contributed by atoms with E-state index in [1.54, 1.807) is 0 Å². The summed E-state index contributed by atoms with van der Waals surface area (Å²) < 4.78 is 0. The normalized spacial score (nSPS) is 30.8. The molecule has 1 saturated carbocycles. The van der Waals surface area contributed by atoms with Crippen LogP contribution in [0, 0.1) is 5.92 Å². The molecule has 82 valence electrons. The third-order valence-corrected chi connectivity index (χ3v) is 4.51. The highest BCUT2D eigenvalue weighted by atomic mass is 35.5.